The Morgan fingerprint density at radius 1 is 1.47 bits per heavy atom. The third-order valence-electron chi connectivity index (χ3n) is 4.16. The van der Waals surface area contributed by atoms with E-state index in [4.69, 9.17) is 4.74 Å². The van der Waals surface area contributed by atoms with Gasteiger partial charge in [0.15, 0.2) is 0 Å². The van der Waals surface area contributed by atoms with E-state index in [9.17, 15) is 9.90 Å². The molecule has 1 fully saturated rings. The molecule has 3 nitrogen and oxygen atoms in total. The lowest BCUT2D eigenvalue weighted by Crippen LogP contribution is -2.35. The molecular formula is C14H16O3. The molecule has 0 spiro atoms. The molecule has 0 aromatic heterocycles. The topological polar surface area (TPSA) is 46.5 Å². The molecule has 1 heterocycles. The van der Waals surface area contributed by atoms with Crippen molar-refractivity contribution in [2.75, 3.05) is 13.2 Å². The van der Waals surface area contributed by atoms with Crippen LogP contribution in [0.2, 0.25) is 0 Å². The van der Waals surface area contributed by atoms with Crippen molar-refractivity contribution in [3.63, 3.8) is 0 Å². The van der Waals surface area contributed by atoms with Crippen LogP contribution in [0.5, 0.6) is 0 Å². The first-order valence-corrected chi connectivity index (χ1v) is 6.10. The average molecular weight is 232 g/mol. The quantitative estimate of drug-likeness (QED) is 0.869. The molecule has 1 aromatic carbocycles. The van der Waals surface area contributed by atoms with Crippen LogP contribution in [0.3, 0.4) is 0 Å². The van der Waals surface area contributed by atoms with Gasteiger partial charge in [0.2, 0.25) is 0 Å². The van der Waals surface area contributed by atoms with E-state index in [2.05, 4.69) is 12.1 Å². The normalized spacial score (nSPS) is 30.7. The zero-order chi connectivity index (χ0) is 11.9. The van der Waals surface area contributed by atoms with Crippen LogP contribution in [0.15, 0.2) is 24.3 Å². The van der Waals surface area contributed by atoms with Gasteiger partial charge in [-0.15, -0.1) is 0 Å². The Morgan fingerprint density at radius 3 is 2.94 bits per heavy atom. The average Bonchev–Trinajstić information content (AvgIpc) is 2.76. The maximum absolute atomic E-state index is 11.4. The number of carbonyl (C=O) groups is 1. The fourth-order valence-electron chi connectivity index (χ4n) is 3.04. The number of carboxylic acids is 1. The fraction of sp³-hybridized carbons (Fsp3) is 0.500. The molecule has 2 atom stereocenters. The number of benzene rings is 1. The molecule has 0 radical (unpaired) electrons. The van der Waals surface area contributed by atoms with Crippen molar-refractivity contribution in [2.45, 2.75) is 25.2 Å². The Labute approximate surface area is 100 Å². The molecule has 17 heavy (non-hydrogen) atoms. The predicted molar refractivity (Wildman–Crippen MR) is 63.0 cm³/mol. The highest BCUT2D eigenvalue weighted by atomic mass is 16.5. The minimum Gasteiger partial charge on any atom is -0.481 e. The number of carboxylic acid groups (broad SMARTS) is 1. The predicted octanol–water partition coefficient (Wildman–Crippen LogP) is 2.21. The molecule has 1 aliphatic heterocycles. The van der Waals surface area contributed by atoms with Gasteiger partial charge in [-0.2, -0.15) is 0 Å². The van der Waals surface area contributed by atoms with Gasteiger partial charge in [0.25, 0.3) is 0 Å². The largest absolute Gasteiger partial charge is 0.481 e. The summed E-state index contributed by atoms with van der Waals surface area (Å²) >= 11 is 0. The van der Waals surface area contributed by atoms with Crippen LogP contribution in [0, 0.1) is 5.41 Å². The highest BCUT2D eigenvalue weighted by Crippen LogP contribution is 2.45. The summed E-state index contributed by atoms with van der Waals surface area (Å²) in [6.45, 7) is 0.960. The van der Waals surface area contributed by atoms with Crippen molar-refractivity contribution >= 4 is 5.97 Å². The van der Waals surface area contributed by atoms with E-state index in [1.165, 1.54) is 11.1 Å². The van der Waals surface area contributed by atoms with E-state index in [0.717, 1.165) is 12.8 Å². The summed E-state index contributed by atoms with van der Waals surface area (Å²) in [5.41, 5.74) is 2.06. The number of hydrogen-bond acceptors (Lipinski definition) is 2. The number of hydrogen-bond donors (Lipinski definition) is 1. The SMILES string of the molecule is O=C(O)C1(CC2Cc3ccccc32)CCOC1. The van der Waals surface area contributed by atoms with E-state index in [1.54, 1.807) is 0 Å². The maximum atomic E-state index is 11.4. The third kappa shape index (κ3) is 1.65. The smallest absolute Gasteiger partial charge is 0.312 e. The summed E-state index contributed by atoms with van der Waals surface area (Å²) in [6, 6.07) is 8.32. The first-order chi connectivity index (χ1) is 8.21. The van der Waals surface area contributed by atoms with Gasteiger partial charge in [-0.25, -0.2) is 0 Å². The summed E-state index contributed by atoms with van der Waals surface area (Å²) in [6.07, 6.45) is 2.39. The number of ether oxygens (including phenoxy) is 1. The highest BCUT2D eigenvalue weighted by Gasteiger charge is 2.45. The molecule has 2 unspecified atom stereocenters. The lowest BCUT2D eigenvalue weighted by Gasteiger charge is -2.35. The van der Waals surface area contributed by atoms with Crippen molar-refractivity contribution in [3.8, 4) is 0 Å². The van der Waals surface area contributed by atoms with Crippen LogP contribution in [-0.4, -0.2) is 24.3 Å². The molecule has 3 rings (SSSR count). The molecule has 2 aliphatic rings. The van der Waals surface area contributed by atoms with Gasteiger partial charge >= 0.3 is 5.97 Å². The standard InChI is InChI=1S/C14H16O3/c15-13(16)14(5-6-17-9-14)8-11-7-10-3-1-2-4-12(10)11/h1-4,11H,5-9H2,(H,15,16). The number of aliphatic carboxylic acids is 1. The van der Waals surface area contributed by atoms with Crippen molar-refractivity contribution in [3.05, 3.63) is 35.4 Å². The molecule has 0 saturated carbocycles. The molecule has 1 saturated heterocycles. The Hall–Kier alpha value is -1.35. The minimum absolute atomic E-state index is 0.376. The fourth-order valence-corrected chi connectivity index (χ4v) is 3.04. The number of fused-ring (bicyclic) bond motifs is 1. The van der Waals surface area contributed by atoms with E-state index in [-0.39, 0.29) is 0 Å². The van der Waals surface area contributed by atoms with Gasteiger partial charge in [0.1, 0.15) is 0 Å². The summed E-state index contributed by atoms with van der Waals surface area (Å²) in [7, 11) is 0. The van der Waals surface area contributed by atoms with E-state index >= 15 is 0 Å². The minimum atomic E-state index is -0.695. The van der Waals surface area contributed by atoms with Crippen molar-refractivity contribution < 1.29 is 14.6 Å². The van der Waals surface area contributed by atoms with Crippen LogP contribution in [-0.2, 0) is 16.0 Å². The third-order valence-corrected chi connectivity index (χ3v) is 4.16. The maximum Gasteiger partial charge on any atom is 0.312 e. The van der Waals surface area contributed by atoms with Crippen molar-refractivity contribution in [1.29, 1.82) is 0 Å². The second-order valence-electron chi connectivity index (χ2n) is 5.19. The second kappa shape index (κ2) is 3.84. The molecule has 1 N–H and O–H groups in total. The molecule has 1 aromatic rings. The summed E-state index contributed by atoms with van der Waals surface area (Å²) in [5.74, 6) is -0.289. The highest BCUT2D eigenvalue weighted by molar-refractivity contribution is 5.75. The number of rotatable bonds is 3. The molecule has 0 bridgehead atoms. The monoisotopic (exact) mass is 232 g/mol. The van der Waals surface area contributed by atoms with Crippen LogP contribution in [0.4, 0.5) is 0 Å². The second-order valence-corrected chi connectivity index (χ2v) is 5.19. The van der Waals surface area contributed by atoms with Gasteiger partial charge in [-0.05, 0) is 36.3 Å². The van der Waals surface area contributed by atoms with Crippen LogP contribution >= 0.6 is 0 Å². The van der Waals surface area contributed by atoms with E-state index in [0.29, 0.717) is 25.6 Å². The summed E-state index contributed by atoms with van der Waals surface area (Å²) < 4.78 is 5.30. The first-order valence-electron chi connectivity index (χ1n) is 6.10. The van der Waals surface area contributed by atoms with Crippen LogP contribution < -0.4 is 0 Å². The van der Waals surface area contributed by atoms with Gasteiger partial charge in [0, 0.05) is 6.61 Å². The van der Waals surface area contributed by atoms with Crippen LogP contribution in [0.1, 0.15) is 29.9 Å². The first kappa shape index (κ1) is 10.8. The zero-order valence-corrected chi connectivity index (χ0v) is 9.69. The van der Waals surface area contributed by atoms with E-state index < -0.39 is 11.4 Å². The lowest BCUT2D eigenvalue weighted by atomic mass is 9.68. The lowest BCUT2D eigenvalue weighted by molar-refractivity contribution is -0.149. The van der Waals surface area contributed by atoms with Gasteiger partial charge in [-0.3, -0.25) is 4.79 Å². The Kier molecular flexibility index (Phi) is 2.44. The van der Waals surface area contributed by atoms with Crippen LogP contribution in [0.25, 0.3) is 0 Å². The molecule has 0 amide bonds. The Balaban J connectivity index is 1.78. The molecule has 3 heteroatoms. The Morgan fingerprint density at radius 2 is 2.29 bits per heavy atom. The zero-order valence-electron chi connectivity index (χ0n) is 9.69. The Bertz CT molecular complexity index is 447. The van der Waals surface area contributed by atoms with Crippen molar-refractivity contribution in [2.24, 2.45) is 5.41 Å². The van der Waals surface area contributed by atoms with E-state index in [1.807, 2.05) is 12.1 Å². The molecule has 1 aliphatic carbocycles. The van der Waals surface area contributed by atoms with Crippen molar-refractivity contribution in [1.82, 2.24) is 0 Å². The van der Waals surface area contributed by atoms with Gasteiger partial charge < -0.3 is 9.84 Å². The van der Waals surface area contributed by atoms with Gasteiger partial charge in [0.05, 0.1) is 12.0 Å². The summed E-state index contributed by atoms with van der Waals surface area (Å²) in [4.78, 5) is 11.4. The van der Waals surface area contributed by atoms with Gasteiger partial charge in [-0.1, -0.05) is 24.3 Å². The summed E-state index contributed by atoms with van der Waals surface area (Å²) in [5, 5.41) is 9.40. The molecular weight excluding hydrogens is 216 g/mol. The molecule has 90 valence electrons.